The first-order valence-corrected chi connectivity index (χ1v) is 10.6. The van der Waals surface area contributed by atoms with Crippen molar-refractivity contribution in [2.24, 2.45) is 0 Å². The summed E-state index contributed by atoms with van der Waals surface area (Å²) in [5, 5.41) is 3.66. The van der Waals surface area contributed by atoms with Crippen molar-refractivity contribution in [2.75, 3.05) is 18.2 Å². The zero-order chi connectivity index (χ0) is 20.2. The number of amides is 1. The number of rotatable bonds is 6. The van der Waals surface area contributed by atoms with Crippen molar-refractivity contribution in [3.8, 4) is 17.0 Å². The molecule has 0 aliphatic rings. The third-order valence-corrected chi connectivity index (χ3v) is 6.22. The fourth-order valence-electron chi connectivity index (χ4n) is 2.75. The van der Waals surface area contributed by atoms with Crippen LogP contribution in [0.3, 0.4) is 0 Å². The molecule has 2 heterocycles. The summed E-state index contributed by atoms with van der Waals surface area (Å²) in [5.41, 5.74) is 4.49. The van der Waals surface area contributed by atoms with E-state index in [1.807, 2.05) is 55.5 Å². The van der Waals surface area contributed by atoms with Crippen LogP contribution >= 0.6 is 23.3 Å². The van der Waals surface area contributed by atoms with E-state index in [9.17, 15) is 4.79 Å². The lowest BCUT2D eigenvalue weighted by atomic mass is 10.1. The van der Waals surface area contributed by atoms with Gasteiger partial charge in [0.25, 0.3) is 0 Å². The molecule has 2 aromatic carbocycles. The van der Waals surface area contributed by atoms with E-state index in [1.165, 1.54) is 29.6 Å². The maximum Gasteiger partial charge on any atom is 0.234 e. The molecule has 0 spiro atoms. The van der Waals surface area contributed by atoms with Gasteiger partial charge in [-0.15, -0.1) is 0 Å². The van der Waals surface area contributed by atoms with Crippen LogP contribution in [0.5, 0.6) is 5.75 Å². The number of anilines is 1. The second-order valence-corrected chi connectivity index (χ2v) is 8.06. The van der Waals surface area contributed by atoms with Gasteiger partial charge in [0, 0.05) is 11.3 Å². The summed E-state index contributed by atoms with van der Waals surface area (Å²) in [5.74, 6) is 0.972. The number of benzene rings is 2. The third-order valence-electron chi connectivity index (χ3n) is 4.26. The molecular weight excluding hydrogens is 404 g/mol. The molecule has 0 atom stereocenters. The number of hydrogen-bond acceptors (Lipinski definition) is 7. The quantitative estimate of drug-likeness (QED) is 0.355. The fraction of sp³-hybridized carbons (Fsp3) is 0.143. The molecule has 0 unspecified atom stereocenters. The van der Waals surface area contributed by atoms with Crippen LogP contribution in [0.15, 0.2) is 59.9 Å². The monoisotopic (exact) mass is 422 g/mol. The standard InChI is InChI=1S/C21H18N4O2S2/c1-13-3-7-15(8-4-13)24-17(26)11-28-21-20-19(22-12-23-21)18(25-29-20)14-5-9-16(27-2)10-6-14/h3-10,12H,11H2,1-2H3,(H,24,26). The van der Waals surface area contributed by atoms with Crippen molar-refractivity contribution in [3.63, 3.8) is 0 Å². The van der Waals surface area contributed by atoms with Gasteiger partial charge in [0.05, 0.1) is 12.9 Å². The normalized spacial score (nSPS) is 10.8. The molecule has 2 aromatic heterocycles. The lowest BCUT2D eigenvalue weighted by Crippen LogP contribution is -2.14. The van der Waals surface area contributed by atoms with Crippen LogP contribution in [0.4, 0.5) is 5.69 Å². The summed E-state index contributed by atoms with van der Waals surface area (Å²) in [6.45, 7) is 2.01. The van der Waals surface area contributed by atoms with Gasteiger partial charge in [-0.25, -0.2) is 9.97 Å². The summed E-state index contributed by atoms with van der Waals surface area (Å²) < 4.78 is 10.7. The Kier molecular flexibility index (Phi) is 5.73. The van der Waals surface area contributed by atoms with Gasteiger partial charge in [-0.3, -0.25) is 4.79 Å². The van der Waals surface area contributed by atoms with E-state index in [2.05, 4.69) is 19.7 Å². The number of thioether (sulfide) groups is 1. The second-order valence-electron chi connectivity index (χ2n) is 6.32. The number of aromatic nitrogens is 3. The molecule has 0 saturated heterocycles. The smallest absolute Gasteiger partial charge is 0.234 e. The first-order valence-electron chi connectivity index (χ1n) is 8.88. The minimum Gasteiger partial charge on any atom is -0.497 e. The SMILES string of the molecule is COc1ccc(-c2nsc3c(SCC(=O)Nc4ccc(C)cc4)ncnc23)cc1. The molecule has 6 nitrogen and oxygen atoms in total. The molecule has 0 fully saturated rings. The molecule has 29 heavy (non-hydrogen) atoms. The average molecular weight is 423 g/mol. The number of nitrogens with zero attached hydrogens (tertiary/aromatic N) is 3. The first kappa shape index (κ1) is 19.4. The van der Waals surface area contributed by atoms with E-state index in [4.69, 9.17) is 4.74 Å². The average Bonchev–Trinajstić information content (AvgIpc) is 3.19. The van der Waals surface area contributed by atoms with Crippen LogP contribution in [-0.4, -0.2) is 33.1 Å². The lowest BCUT2D eigenvalue weighted by Gasteiger charge is -2.05. The zero-order valence-corrected chi connectivity index (χ0v) is 17.5. The van der Waals surface area contributed by atoms with Crippen molar-refractivity contribution in [1.82, 2.24) is 14.3 Å². The largest absolute Gasteiger partial charge is 0.497 e. The van der Waals surface area contributed by atoms with Crippen LogP contribution in [0, 0.1) is 6.92 Å². The summed E-state index contributed by atoms with van der Waals surface area (Å²) >= 11 is 2.73. The maximum atomic E-state index is 12.3. The van der Waals surface area contributed by atoms with Crippen LogP contribution < -0.4 is 10.1 Å². The highest BCUT2D eigenvalue weighted by Crippen LogP contribution is 2.34. The van der Waals surface area contributed by atoms with Gasteiger partial charge >= 0.3 is 0 Å². The Morgan fingerprint density at radius 2 is 1.86 bits per heavy atom. The fourth-order valence-corrected chi connectivity index (χ4v) is 4.47. The molecule has 1 amide bonds. The molecule has 146 valence electrons. The Labute approximate surface area is 176 Å². The van der Waals surface area contributed by atoms with Crippen LogP contribution in [-0.2, 0) is 4.79 Å². The Balaban J connectivity index is 1.50. The molecule has 0 bridgehead atoms. The molecule has 0 saturated carbocycles. The van der Waals surface area contributed by atoms with Gasteiger partial charge in [0.2, 0.25) is 5.91 Å². The van der Waals surface area contributed by atoms with E-state index in [0.717, 1.165) is 43.5 Å². The van der Waals surface area contributed by atoms with Crippen molar-refractivity contribution in [2.45, 2.75) is 11.9 Å². The van der Waals surface area contributed by atoms with Crippen molar-refractivity contribution in [3.05, 3.63) is 60.4 Å². The number of aryl methyl sites for hydroxylation is 1. The van der Waals surface area contributed by atoms with Crippen LogP contribution in [0.2, 0.25) is 0 Å². The molecule has 4 rings (SSSR count). The maximum absolute atomic E-state index is 12.3. The molecular formula is C21H18N4O2S2. The van der Waals surface area contributed by atoms with Gasteiger partial charge < -0.3 is 10.1 Å². The number of fused-ring (bicyclic) bond motifs is 1. The van der Waals surface area contributed by atoms with E-state index in [0.29, 0.717) is 0 Å². The van der Waals surface area contributed by atoms with E-state index >= 15 is 0 Å². The van der Waals surface area contributed by atoms with Crippen molar-refractivity contribution in [1.29, 1.82) is 0 Å². The number of hydrogen-bond donors (Lipinski definition) is 1. The number of methoxy groups -OCH3 is 1. The first-order chi connectivity index (χ1) is 14.1. The zero-order valence-electron chi connectivity index (χ0n) is 15.9. The molecule has 0 radical (unpaired) electrons. The predicted octanol–water partition coefficient (Wildman–Crippen LogP) is 4.80. The van der Waals surface area contributed by atoms with Gasteiger partial charge in [-0.05, 0) is 54.9 Å². The van der Waals surface area contributed by atoms with Crippen molar-refractivity contribution >= 4 is 45.1 Å². The Bertz CT molecular complexity index is 1140. The Morgan fingerprint density at radius 3 is 2.59 bits per heavy atom. The molecule has 1 N–H and O–H groups in total. The number of ether oxygens (including phenoxy) is 1. The molecule has 4 aromatic rings. The van der Waals surface area contributed by atoms with Crippen LogP contribution in [0.1, 0.15) is 5.56 Å². The summed E-state index contributed by atoms with van der Waals surface area (Å²) in [6, 6.07) is 15.4. The van der Waals surface area contributed by atoms with E-state index in [1.54, 1.807) is 7.11 Å². The summed E-state index contributed by atoms with van der Waals surface area (Å²) in [4.78, 5) is 21.1. The van der Waals surface area contributed by atoms with E-state index in [-0.39, 0.29) is 11.7 Å². The number of nitrogens with one attached hydrogen (secondary N) is 1. The van der Waals surface area contributed by atoms with Crippen molar-refractivity contribution < 1.29 is 9.53 Å². The topological polar surface area (TPSA) is 77.0 Å². The van der Waals surface area contributed by atoms with Gasteiger partial charge in [0.15, 0.2) is 0 Å². The highest BCUT2D eigenvalue weighted by atomic mass is 32.2. The number of carbonyl (C=O) groups excluding carboxylic acids is 1. The summed E-state index contributed by atoms with van der Waals surface area (Å²) in [7, 11) is 1.64. The minimum atomic E-state index is -0.0782. The highest BCUT2D eigenvalue weighted by molar-refractivity contribution is 8.00. The Morgan fingerprint density at radius 1 is 1.10 bits per heavy atom. The lowest BCUT2D eigenvalue weighted by molar-refractivity contribution is -0.113. The van der Waals surface area contributed by atoms with Gasteiger partial charge in [-0.2, -0.15) is 4.37 Å². The summed E-state index contributed by atoms with van der Waals surface area (Å²) in [6.07, 6.45) is 1.52. The second kappa shape index (κ2) is 8.59. The Hall–Kier alpha value is -2.97. The molecule has 0 aliphatic heterocycles. The van der Waals surface area contributed by atoms with Crippen LogP contribution in [0.25, 0.3) is 21.5 Å². The molecule has 8 heteroatoms. The van der Waals surface area contributed by atoms with Gasteiger partial charge in [-0.1, -0.05) is 29.5 Å². The van der Waals surface area contributed by atoms with E-state index < -0.39 is 0 Å². The molecule has 0 aliphatic carbocycles. The highest BCUT2D eigenvalue weighted by Gasteiger charge is 2.15. The number of carbonyl (C=O) groups is 1. The predicted molar refractivity (Wildman–Crippen MR) is 118 cm³/mol. The van der Waals surface area contributed by atoms with Gasteiger partial charge in [0.1, 0.15) is 33.0 Å². The minimum absolute atomic E-state index is 0.0782. The third kappa shape index (κ3) is 4.38.